The minimum absolute atomic E-state index is 0.0441. The SMILES string of the molecule is Cc1nc(-c2ccc(S(=O)(=O)Nc3ccc(F)cn3)cc2)co1. The van der Waals surface area contributed by atoms with Crippen LogP contribution in [0.2, 0.25) is 0 Å². The summed E-state index contributed by atoms with van der Waals surface area (Å²) in [5.41, 5.74) is 1.36. The average molecular weight is 333 g/mol. The average Bonchev–Trinajstić information content (AvgIpc) is 2.96. The third kappa shape index (κ3) is 3.37. The fourth-order valence-electron chi connectivity index (χ4n) is 1.93. The van der Waals surface area contributed by atoms with Crippen LogP contribution in [0.5, 0.6) is 0 Å². The predicted molar refractivity (Wildman–Crippen MR) is 81.7 cm³/mol. The molecule has 0 saturated carbocycles. The lowest BCUT2D eigenvalue weighted by molar-refractivity contribution is 0.521. The van der Waals surface area contributed by atoms with Gasteiger partial charge in [0, 0.05) is 12.5 Å². The summed E-state index contributed by atoms with van der Waals surface area (Å²) in [6, 6.07) is 8.53. The number of nitrogens with zero attached hydrogens (tertiary/aromatic N) is 2. The predicted octanol–water partition coefficient (Wildman–Crippen LogP) is 2.98. The van der Waals surface area contributed by atoms with E-state index in [1.807, 2.05) is 0 Å². The highest BCUT2D eigenvalue weighted by Crippen LogP contribution is 2.21. The zero-order valence-electron chi connectivity index (χ0n) is 12.0. The molecular weight excluding hydrogens is 321 g/mol. The molecule has 0 radical (unpaired) electrons. The summed E-state index contributed by atoms with van der Waals surface area (Å²) >= 11 is 0. The summed E-state index contributed by atoms with van der Waals surface area (Å²) in [4.78, 5) is 7.90. The Morgan fingerprint density at radius 3 is 2.43 bits per heavy atom. The van der Waals surface area contributed by atoms with Crippen molar-refractivity contribution in [2.75, 3.05) is 4.72 Å². The first-order valence-corrected chi connectivity index (χ1v) is 8.09. The third-order valence-corrected chi connectivity index (χ3v) is 4.42. The first-order chi connectivity index (χ1) is 10.9. The second kappa shape index (κ2) is 5.81. The Hall–Kier alpha value is -2.74. The van der Waals surface area contributed by atoms with Gasteiger partial charge >= 0.3 is 0 Å². The molecule has 0 atom stereocenters. The highest BCUT2D eigenvalue weighted by atomic mass is 32.2. The smallest absolute Gasteiger partial charge is 0.263 e. The van der Waals surface area contributed by atoms with E-state index in [0.29, 0.717) is 11.6 Å². The van der Waals surface area contributed by atoms with Crippen LogP contribution in [0, 0.1) is 12.7 Å². The third-order valence-electron chi connectivity index (χ3n) is 3.05. The lowest BCUT2D eigenvalue weighted by Crippen LogP contribution is -2.13. The topological polar surface area (TPSA) is 85.1 Å². The standard InChI is InChI=1S/C15H12FN3O3S/c1-10-18-14(9-22-10)11-2-5-13(6-3-11)23(20,21)19-15-7-4-12(16)8-17-15/h2-9H,1H3,(H,17,19). The molecular formula is C15H12FN3O3S. The molecule has 0 fully saturated rings. The molecule has 0 aliphatic carbocycles. The second-order valence-corrected chi connectivity index (χ2v) is 6.43. The number of pyridine rings is 1. The van der Waals surface area contributed by atoms with Crippen molar-refractivity contribution >= 4 is 15.8 Å². The minimum Gasteiger partial charge on any atom is -0.449 e. The number of anilines is 1. The van der Waals surface area contributed by atoms with Gasteiger partial charge in [0.2, 0.25) is 0 Å². The lowest BCUT2D eigenvalue weighted by atomic mass is 10.2. The molecule has 8 heteroatoms. The Bertz CT molecular complexity index is 919. The Morgan fingerprint density at radius 1 is 1.13 bits per heavy atom. The summed E-state index contributed by atoms with van der Waals surface area (Å²) < 4.78 is 44.7. The Labute approximate surface area is 132 Å². The highest BCUT2D eigenvalue weighted by molar-refractivity contribution is 7.92. The minimum atomic E-state index is -3.80. The summed E-state index contributed by atoms with van der Waals surface area (Å²) in [6.45, 7) is 1.72. The summed E-state index contributed by atoms with van der Waals surface area (Å²) in [7, 11) is -3.80. The zero-order valence-corrected chi connectivity index (χ0v) is 12.8. The van der Waals surface area contributed by atoms with Crippen LogP contribution in [0.15, 0.2) is 58.2 Å². The number of oxazole rings is 1. The van der Waals surface area contributed by atoms with Crippen LogP contribution in [0.1, 0.15) is 5.89 Å². The molecule has 0 unspecified atom stereocenters. The van der Waals surface area contributed by atoms with E-state index in [4.69, 9.17) is 4.42 Å². The van der Waals surface area contributed by atoms with Gasteiger partial charge in [-0.25, -0.2) is 22.8 Å². The van der Waals surface area contributed by atoms with Crippen LogP contribution in [0.25, 0.3) is 11.3 Å². The lowest BCUT2D eigenvalue weighted by Gasteiger charge is -2.07. The van der Waals surface area contributed by atoms with Crippen LogP contribution in [0.3, 0.4) is 0 Å². The zero-order chi connectivity index (χ0) is 16.4. The number of hydrogen-bond donors (Lipinski definition) is 1. The molecule has 0 aliphatic rings. The monoisotopic (exact) mass is 333 g/mol. The number of benzene rings is 1. The number of sulfonamides is 1. The molecule has 3 rings (SSSR count). The van der Waals surface area contributed by atoms with Crippen LogP contribution in [0.4, 0.5) is 10.2 Å². The first-order valence-electron chi connectivity index (χ1n) is 6.61. The molecule has 23 heavy (non-hydrogen) atoms. The molecule has 6 nitrogen and oxygen atoms in total. The van der Waals surface area contributed by atoms with Gasteiger partial charge in [0.25, 0.3) is 10.0 Å². The van der Waals surface area contributed by atoms with Gasteiger partial charge in [0.05, 0.1) is 11.1 Å². The molecule has 0 saturated heterocycles. The second-order valence-electron chi connectivity index (χ2n) is 4.74. The molecule has 0 spiro atoms. The summed E-state index contributed by atoms with van der Waals surface area (Å²) in [6.07, 6.45) is 2.44. The Kier molecular flexibility index (Phi) is 3.83. The molecule has 0 aliphatic heterocycles. The van der Waals surface area contributed by atoms with Gasteiger partial charge in [-0.3, -0.25) is 4.72 Å². The van der Waals surface area contributed by atoms with E-state index in [-0.39, 0.29) is 10.7 Å². The van der Waals surface area contributed by atoms with E-state index in [2.05, 4.69) is 14.7 Å². The molecule has 3 aromatic rings. The van der Waals surface area contributed by atoms with Crippen LogP contribution in [-0.4, -0.2) is 18.4 Å². The fourth-order valence-corrected chi connectivity index (χ4v) is 2.94. The van der Waals surface area contributed by atoms with E-state index in [0.717, 1.165) is 17.8 Å². The van der Waals surface area contributed by atoms with E-state index < -0.39 is 15.8 Å². The van der Waals surface area contributed by atoms with Crippen molar-refractivity contribution in [3.63, 3.8) is 0 Å². The maximum absolute atomic E-state index is 12.8. The van der Waals surface area contributed by atoms with Gasteiger partial charge in [-0.15, -0.1) is 0 Å². The van der Waals surface area contributed by atoms with Crippen molar-refractivity contribution in [3.8, 4) is 11.3 Å². The van der Waals surface area contributed by atoms with Crippen molar-refractivity contribution in [2.24, 2.45) is 0 Å². The molecule has 1 aromatic carbocycles. The highest BCUT2D eigenvalue weighted by Gasteiger charge is 2.15. The molecule has 2 aromatic heterocycles. The normalized spacial score (nSPS) is 11.4. The van der Waals surface area contributed by atoms with E-state index in [1.165, 1.54) is 24.5 Å². The van der Waals surface area contributed by atoms with Gasteiger partial charge in [0.15, 0.2) is 5.89 Å². The number of aromatic nitrogens is 2. The van der Waals surface area contributed by atoms with Gasteiger partial charge < -0.3 is 4.42 Å². The quantitative estimate of drug-likeness (QED) is 0.793. The molecule has 118 valence electrons. The van der Waals surface area contributed by atoms with Gasteiger partial charge in [0.1, 0.15) is 23.6 Å². The number of rotatable bonds is 4. The number of halogens is 1. The summed E-state index contributed by atoms with van der Waals surface area (Å²) in [5, 5.41) is 0. The molecule has 0 amide bonds. The largest absolute Gasteiger partial charge is 0.449 e. The molecule has 0 bridgehead atoms. The molecule has 2 heterocycles. The van der Waals surface area contributed by atoms with Gasteiger partial charge in [-0.2, -0.15) is 0 Å². The van der Waals surface area contributed by atoms with E-state index in [1.54, 1.807) is 19.1 Å². The van der Waals surface area contributed by atoms with Crippen molar-refractivity contribution in [3.05, 3.63) is 60.6 Å². The fraction of sp³-hybridized carbons (Fsp3) is 0.0667. The van der Waals surface area contributed by atoms with E-state index in [9.17, 15) is 12.8 Å². The van der Waals surface area contributed by atoms with Crippen LogP contribution < -0.4 is 4.72 Å². The van der Waals surface area contributed by atoms with Crippen molar-refractivity contribution in [1.29, 1.82) is 0 Å². The van der Waals surface area contributed by atoms with Gasteiger partial charge in [-0.05, 0) is 24.3 Å². The molecule has 1 N–H and O–H groups in total. The number of aryl methyl sites for hydroxylation is 1. The van der Waals surface area contributed by atoms with Crippen LogP contribution in [-0.2, 0) is 10.0 Å². The van der Waals surface area contributed by atoms with Crippen molar-refractivity contribution in [2.45, 2.75) is 11.8 Å². The Balaban J connectivity index is 1.84. The maximum Gasteiger partial charge on any atom is 0.263 e. The van der Waals surface area contributed by atoms with Gasteiger partial charge in [-0.1, -0.05) is 12.1 Å². The van der Waals surface area contributed by atoms with E-state index >= 15 is 0 Å². The van der Waals surface area contributed by atoms with Crippen molar-refractivity contribution in [1.82, 2.24) is 9.97 Å². The maximum atomic E-state index is 12.8. The number of nitrogens with one attached hydrogen (secondary N) is 1. The van der Waals surface area contributed by atoms with Crippen LogP contribution >= 0.6 is 0 Å². The van der Waals surface area contributed by atoms with Crippen molar-refractivity contribution < 1.29 is 17.2 Å². The first kappa shape index (κ1) is 15.2. The summed E-state index contributed by atoms with van der Waals surface area (Å²) in [5.74, 6) is 0.0311. The number of hydrogen-bond acceptors (Lipinski definition) is 5. The Morgan fingerprint density at radius 2 is 1.87 bits per heavy atom.